The lowest BCUT2D eigenvalue weighted by molar-refractivity contribution is -0.129. The summed E-state index contributed by atoms with van der Waals surface area (Å²) in [6, 6.07) is 28.4. The van der Waals surface area contributed by atoms with E-state index in [1.807, 2.05) is 55.7 Å². The van der Waals surface area contributed by atoms with E-state index in [-0.39, 0.29) is 36.9 Å². The molecule has 5 atom stereocenters. The van der Waals surface area contributed by atoms with E-state index in [2.05, 4.69) is 57.3 Å². The monoisotopic (exact) mass is 868 g/mol. The van der Waals surface area contributed by atoms with Crippen molar-refractivity contribution in [3.05, 3.63) is 136 Å². The summed E-state index contributed by atoms with van der Waals surface area (Å²) in [6.07, 6.45) is 4.77. The van der Waals surface area contributed by atoms with Gasteiger partial charge in [0.05, 0.1) is 26.6 Å². The number of aromatic amines is 1. The van der Waals surface area contributed by atoms with Crippen LogP contribution < -0.4 is 30.2 Å². The molecular formula is C52H60N4O8. The Bertz CT molecular complexity index is 2600. The van der Waals surface area contributed by atoms with Crippen molar-refractivity contribution in [2.45, 2.75) is 81.7 Å². The number of nitrogens with one attached hydrogen (secondary N) is 4. The fourth-order valence-electron chi connectivity index (χ4n) is 10.2. The van der Waals surface area contributed by atoms with Gasteiger partial charge in [-0.05, 0) is 145 Å². The van der Waals surface area contributed by atoms with Crippen molar-refractivity contribution < 1.29 is 39.4 Å². The van der Waals surface area contributed by atoms with Gasteiger partial charge in [-0.3, -0.25) is 5.32 Å². The molecule has 3 heterocycles. The second-order valence-electron chi connectivity index (χ2n) is 17.7. The van der Waals surface area contributed by atoms with E-state index < -0.39 is 17.8 Å². The molecule has 12 nitrogen and oxygen atoms in total. The van der Waals surface area contributed by atoms with Gasteiger partial charge in [-0.15, -0.1) is 0 Å². The molecule has 12 heteroatoms. The number of phenolic OH excluding ortho intramolecular Hbond substituents is 2. The lowest BCUT2D eigenvalue weighted by Crippen LogP contribution is -2.56. The van der Waals surface area contributed by atoms with Crippen LogP contribution in [0.15, 0.2) is 91.1 Å². The van der Waals surface area contributed by atoms with Gasteiger partial charge >= 0.3 is 0 Å². The maximum atomic E-state index is 11.6. The number of aliphatic hydroxyl groups is 2. The molecular weight excluding hydrogens is 809 g/mol. The number of aromatic hydroxyl groups is 2. The zero-order chi connectivity index (χ0) is 44.4. The van der Waals surface area contributed by atoms with E-state index >= 15 is 0 Å². The molecule has 336 valence electrons. The first-order valence-corrected chi connectivity index (χ1v) is 22.5. The van der Waals surface area contributed by atoms with E-state index in [9.17, 15) is 20.4 Å². The van der Waals surface area contributed by atoms with Gasteiger partial charge in [0.15, 0.2) is 17.6 Å². The highest BCUT2D eigenvalue weighted by molar-refractivity contribution is 5.85. The highest BCUT2D eigenvalue weighted by Crippen LogP contribution is 2.58. The van der Waals surface area contributed by atoms with Gasteiger partial charge in [0.1, 0.15) is 29.0 Å². The number of rotatable bonds is 17. The van der Waals surface area contributed by atoms with Gasteiger partial charge in [0.25, 0.3) is 0 Å². The standard InChI is InChI=1S/C52H60N4O8/c1-31(58)26-54-29-55-28-52(62-30-53-2)25-44-43-22-36(20-33-10-16-45-34(19-33)17-18-56-45)42-24-38(59)12-14-40(42)47(43)50-41(15-13-39(27-57)63-50)49(44)64-51(52)37-21-35(48(60)46(23-37)61-3)11-9-32-7-5-4-6-8-32/h4-8,10,12,14,16-19,21,23-24,31,36,39,51,53-60H,9,11,13,15,20,22,25-30H2,1-3H3. The van der Waals surface area contributed by atoms with Crippen LogP contribution in [0, 0.1) is 0 Å². The first kappa shape index (κ1) is 43.6. The fourth-order valence-corrected chi connectivity index (χ4v) is 10.2. The number of ether oxygens (including phenoxy) is 4. The third-order valence-electron chi connectivity index (χ3n) is 13.2. The number of methoxy groups -OCH3 is 1. The van der Waals surface area contributed by atoms with Crippen molar-refractivity contribution in [1.29, 1.82) is 0 Å². The van der Waals surface area contributed by atoms with Crippen LogP contribution in [-0.2, 0) is 43.3 Å². The minimum Gasteiger partial charge on any atom is -0.508 e. The Balaban J connectivity index is 1.21. The summed E-state index contributed by atoms with van der Waals surface area (Å²) in [5.74, 6) is 2.15. The number of benzene rings is 5. The van der Waals surface area contributed by atoms with Crippen LogP contribution in [0.5, 0.6) is 28.7 Å². The lowest BCUT2D eigenvalue weighted by Gasteiger charge is -2.47. The lowest BCUT2D eigenvalue weighted by atomic mass is 9.70. The molecule has 0 bridgehead atoms. The van der Waals surface area contributed by atoms with Crippen molar-refractivity contribution in [2.75, 3.05) is 47.3 Å². The first-order chi connectivity index (χ1) is 31.2. The van der Waals surface area contributed by atoms with Crippen LogP contribution in [0.4, 0.5) is 0 Å². The van der Waals surface area contributed by atoms with Crippen molar-refractivity contribution in [3.8, 4) is 39.9 Å². The Morgan fingerprint density at radius 1 is 0.906 bits per heavy atom. The zero-order valence-electron chi connectivity index (χ0n) is 36.9. The zero-order valence-corrected chi connectivity index (χ0v) is 36.9. The van der Waals surface area contributed by atoms with Crippen LogP contribution in [-0.4, -0.2) is 90.5 Å². The SMILES string of the molecule is CNCOC1(CNCNCC(C)O)Cc2c3c(c4c(c2OC1c1cc(CCc2ccccc2)c(O)c(OC)c1)CCC(CO)O4)-c1ccc(O)cc1C(Cc1ccc2[nH]ccc2c1)C3. The van der Waals surface area contributed by atoms with Gasteiger partial charge in [0, 0.05) is 54.6 Å². The molecule has 0 spiro atoms. The molecule has 6 aromatic rings. The second kappa shape index (κ2) is 18.9. The second-order valence-corrected chi connectivity index (χ2v) is 17.7. The number of phenols is 2. The van der Waals surface area contributed by atoms with Crippen molar-refractivity contribution in [2.24, 2.45) is 0 Å². The Hall–Kier alpha value is -5.60. The molecule has 0 amide bonds. The topological polar surface area (TPSA) is 170 Å². The van der Waals surface area contributed by atoms with Gasteiger partial charge < -0.3 is 55.0 Å². The maximum Gasteiger partial charge on any atom is 0.161 e. The van der Waals surface area contributed by atoms with Crippen LogP contribution in [0.1, 0.15) is 69.9 Å². The summed E-state index contributed by atoms with van der Waals surface area (Å²) in [7, 11) is 3.43. The van der Waals surface area contributed by atoms with Gasteiger partial charge in [0.2, 0.25) is 0 Å². The molecule has 5 aromatic carbocycles. The van der Waals surface area contributed by atoms with Crippen LogP contribution in [0.2, 0.25) is 0 Å². The van der Waals surface area contributed by atoms with Crippen LogP contribution in [0.3, 0.4) is 0 Å². The molecule has 0 saturated carbocycles. The highest BCUT2D eigenvalue weighted by Gasteiger charge is 2.50. The van der Waals surface area contributed by atoms with Crippen molar-refractivity contribution in [1.82, 2.24) is 20.9 Å². The summed E-state index contributed by atoms with van der Waals surface area (Å²) in [6.45, 7) is 3.07. The minimum absolute atomic E-state index is 0.00653. The smallest absolute Gasteiger partial charge is 0.161 e. The average molecular weight is 869 g/mol. The van der Waals surface area contributed by atoms with E-state index in [1.54, 1.807) is 20.1 Å². The molecule has 8 N–H and O–H groups in total. The number of hydrogen-bond acceptors (Lipinski definition) is 11. The van der Waals surface area contributed by atoms with E-state index in [4.69, 9.17) is 18.9 Å². The Morgan fingerprint density at radius 3 is 2.56 bits per heavy atom. The number of aryl methyl sites for hydroxylation is 2. The highest BCUT2D eigenvalue weighted by atomic mass is 16.6. The van der Waals surface area contributed by atoms with Gasteiger partial charge in [-0.2, -0.15) is 0 Å². The van der Waals surface area contributed by atoms with Crippen LogP contribution in [0.25, 0.3) is 22.0 Å². The summed E-state index contributed by atoms with van der Waals surface area (Å²) in [5.41, 5.74) is 10.1. The number of fused-ring (bicyclic) bond motifs is 9. The third-order valence-corrected chi connectivity index (χ3v) is 13.2. The normalized spacial score (nSPS) is 20.4. The quantitative estimate of drug-likeness (QED) is 0.0361. The summed E-state index contributed by atoms with van der Waals surface area (Å²) < 4.78 is 27.3. The fraction of sp³-hybridized carbons (Fsp3) is 0.385. The first-order valence-electron chi connectivity index (χ1n) is 22.5. The molecule has 9 rings (SSSR count). The predicted octanol–water partition coefficient (Wildman–Crippen LogP) is 6.73. The Kier molecular flexibility index (Phi) is 12.9. The summed E-state index contributed by atoms with van der Waals surface area (Å²) in [4.78, 5) is 3.31. The van der Waals surface area contributed by atoms with E-state index in [0.29, 0.717) is 63.4 Å². The summed E-state index contributed by atoms with van der Waals surface area (Å²) in [5, 5.41) is 54.4. The predicted molar refractivity (Wildman–Crippen MR) is 248 cm³/mol. The molecule has 1 aromatic heterocycles. The Labute approximate surface area is 374 Å². The molecule has 2 aliphatic heterocycles. The maximum absolute atomic E-state index is 11.6. The van der Waals surface area contributed by atoms with Crippen LogP contribution >= 0.6 is 0 Å². The van der Waals surface area contributed by atoms with E-state index in [1.165, 1.54) is 5.56 Å². The molecule has 0 radical (unpaired) electrons. The molecule has 3 aliphatic rings. The number of H-pyrrole nitrogens is 1. The Morgan fingerprint density at radius 2 is 1.77 bits per heavy atom. The summed E-state index contributed by atoms with van der Waals surface area (Å²) >= 11 is 0. The molecule has 0 fully saturated rings. The molecule has 5 unspecified atom stereocenters. The molecule has 1 aliphatic carbocycles. The number of hydrogen-bond donors (Lipinski definition) is 8. The average Bonchev–Trinajstić information content (AvgIpc) is 3.78. The largest absolute Gasteiger partial charge is 0.508 e. The van der Waals surface area contributed by atoms with E-state index in [0.717, 1.165) is 79.6 Å². The minimum atomic E-state index is -1.00. The third kappa shape index (κ3) is 8.66. The van der Waals surface area contributed by atoms with Gasteiger partial charge in [-0.1, -0.05) is 42.5 Å². The molecule has 0 saturated heterocycles. The van der Waals surface area contributed by atoms with Crippen molar-refractivity contribution >= 4 is 10.9 Å². The number of aromatic nitrogens is 1. The van der Waals surface area contributed by atoms with Gasteiger partial charge in [-0.25, -0.2) is 0 Å². The number of aliphatic hydroxyl groups excluding tert-OH is 2. The molecule has 64 heavy (non-hydrogen) atoms. The van der Waals surface area contributed by atoms with Crippen molar-refractivity contribution in [3.63, 3.8) is 0 Å².